The maximum Gasteiger partial charge on any atom is 0.289 e. The van der Waals surface area contributed by atoms with Crippen LogP contribution in [0.1, 0.15) is 16.2 Å². The average molecular weight is 183 g/mol. The maximum absolute atomic E-state index is 11.3. The molecule has 0 radical (unpaired) electrons. The van der Waals surface area contributed by atoms with E-state index < -0.39 is 0 Å². The Bertz CT molecular complexity index is 283. The number of hydrogen-bond donors (Lipinski definition) is 2. The van der Waals surface area contributed by atoms with Gasteiger partial charge in [0.1, 0.15) is 0 Å². The zero-order chi connectivity index (χ0) is 9.68. The first-order chi connectivity index (χ1) is 6.25. The molecule has 0 spiro atoms. The predicted molar refractivity (Wildman–Crippen MR) is 47.5 cm³/mol. The molecule has 72 valence electrons. The summed E-state index contributed by atoms with van der Waals surface area (Å²) in [5, 5.41) is 5.61. The molecule has 0 saturated heterocycles. The summed E-state index contributed by atoms with van der Waals surface area (Å²) in [5.74, 6) is 0.0707. The Morgan fingerprint density at radius 2 is 2.38 bits per heavy atom. The van der Waals surface area contributed by atoms with Gasteiger partial charge in [-0.05, 0) is 14.0 Å². The number of aryl methyl sites for hydroxylation is 1. The van der Waals surface area contributed by atoms with E-state index in [1.807, 2.05) is 7.05 Å². The molecular formula is C8H13N3O2. The van der Waals surface area contributed by atoms with Crippen molar-refractivity contribution in [3.8, 4) is 0 Å². The van der Waals surface area contributed by atoms with Crippen LogP contribution in [0.15, 0.2) is 10.8 Å². The zero-order valence-corrected chi connectivity index (χ0v) is 7.76. The highest BCUT2D eigenvalue weighted by molar-refractivity contribution is 5.92. The maximum atomic E-state index is 11.3. The van der Waals surface area contributed by atoms with Gasteiger partial charge in [0, 0.05) is 13.1 Å². The molecule has 2 N–H and O–H groups in total. The molecule has 0 fully saturated rings. The summed E-state index contributed by atoms with van der Waals surface area (Å²) in [5.41, 5.74) is 0.613. The van der Waals surface area contributed by atoms with Crippen molar-refractivity contribution >= 4 is 5.91 Å². The molecule has 5 nitrogen and oxygen atoms in total. The molecule has 0 atom stereocenters. The second-order valence-electron chi connectivity index (χ2n) is 2.63. The minimum Gasteiger partial charge on any atom is -0.438 e. The topological polar surface area (TPSA) is 67.2 Å². The molecule has 1 aromatic rings. The fraction of sp³-hybridized carbons (Fsp3) is 0.500. The zero-order valence-electron chi connectivity index (χ0n) is 7.76. The van der Waals surface area contributed by atoms with Crippen LogP contribution in [0.5, 0.6) is 0 Å². The normalized spacial score (nSPS) is 10.0. The molecule has 0 saturated carbocycles. The molecule has 0 aromatic carbocycles. The highest BCUT2D eigenvalue weighted by atomic mass is 16.3. The van der Waals surface area contributed by atoms with Crippen molar-refractivity contribution in [1.82, 2.24) is 15.6 Å². The number of amides is 1. The lowest BCUT2D eigenvalue weighted by Crippen LogP contribution is -2.30. The van der Waals surface area contributed by atoms with E-state index in [0.29, 0.717) is 12.2 Å². The number of nitrogens with zero attached hydrogens (tertiary/aromatic N) is 1. The van der Waals surface area contributed by atoms with Gasteiger partial charge in [0.25, 0.3) is 5.91 Å². The van der Waals surface area contributed by atoms with Gasteiger partial charge in [-0.15, -0.1) is 0 Å². The number of oxazole rings is 1. The lowest BCUT2D eigenvalue weighted by molar-refractivity contribution is 0.0925. The number of carbonyl (C=O) groups is 1. The Kier molecular flexibility index (Phi) is 3.45. The van der Waals surface area contributed by atoms with Crippen LogP contribution in [-0.2, 0) is 0 Å². The fourth-order valence-electron chi connectivity index (χ4n) is 0.901. The van der Waals surface area contributed by atoms with E-state index >= 15 is 0 Å². The quantitative estimate of drug-likeness (QED) is 0.641. The second kappa shape index (κ2) is 4.61. The van der Waals surface area contributed by atoms with E-state index in [1.54, 1.807) is 6.92 Å². The third-order valence-electron chi connectivity index (χ3n) is 1.61. The average Bonchev–Trinajstić information content (AvgIpc) is 2.52. The lowest BCUT2D eigenvalue weighted by Gasteiger charge is -2.01. The third-order valence-corrected chi connectivity index (χ3v) is 1.61. The minimum atomic E-state index is -0.217. The molecular weight excluding hydrogens is 170 g/mol. The molecule has 5 heteroatoms. The Hall–Kier alpha value is -1.36. The van der Waals surface area contributed by atoms with E-state index in [1.165, 1.54) is 6.39 Å². The number of hydrogen-bond acceptors (Lipinski definition) is 4. The van der Waals surface area contributed by atoms with E-state index in [-0.39, 0.29) is 11.7 Å². The highest BCUT2D eigenvalue weighted by Gasteiger charge is 2.12. The van der Waals surface area contributed by atoms with Crippen LogP contribution >= 0.6 is 0 Å². The van der Waals surface area contributed by atoms with Crippen LogP contribution in [0.3, 0.4) is 0 Å². The molecule has 1 rings (SSSR count). The van der Waals surface area contributed by atoms with Crippen molar-refractivity contribution in [2.45, 2.75) is 6.92 Å². The van der Waals surface area contributed by atoms with Crippen LogP contribution in [0.2, 0.25) is 0 Å². The van der Waals surface area contributed by atoms with Crippen LogP contribution in [-0.4, -0.2) is 31.0 Å². The minimum absolute atomic E-state index is 0.217. The fourth-order valence-corrected chi connectivity index (χ4v) is 0.901. The molecule has 0 bridgehead atoms. The molecule has 0 aliphatic rings. The van der Waals surface area contributed by atoms with Gasteiger partial charge < -0.3 is 15.1 Å². The van der Waals surface area contributed by atoms with E-state index in [0.717, 1.165) is 6.54 Å². The Morgan fingerprint density at radius 1 is 1.62 bits per heavy atom. The number of likely N-dealkylation sites (N-methyl/N-ethyl adjacent to an activating group) is 1. The number of carbonyl (C=O) groups excluding carboxylic acids is 1. The van der Waals surface area contributed by atoms with Crippen molar-refractivity contribution in [2.75, 3.05) is 20.1 Å². The van der Waals surface area contributed by atoms with Crippen LogP contribution < -0.4 is 10.6 Å². The Morgan fingerprint density at radius 3 is 2.92 bits per heavy atom. The van der Waals surface area contributed by atoms with E-state index in [4.69, 9.17) is 4.42 Å². The first-order valence-electron chi connectivity index (χ1n) is 4.08. The van der Waals surface area contributed by atoms with Crippen molar-refractivity contribution in [1.29, 1.82) is 0 Å². The van der Waals surface area contributed by atoms with Gasteiger partial charge in [-0.25, -0.2) is 4.98 Å². The third kappa shape index (κ3) is 2.55. The molecule has 0 aliphatic heterocycles. The van der Waals surface area contributed by atoms with Gasteiger partial charge >= 0.3 is 0 Å². The van der Waals surface area contributed by atoms with E-state index in [2.05, 4.69) is 15.6 Å². The smallest absolute Gasteiger partial charge is 0.289 e. The Labute approximate surface area is 76.5 Å². The number of nitrogens with one attached hydrogen (secondary N) is 2. The summed E-state index contributed by atoms with van der Waals surface area (Å²) in [4.78, 5) is 15.2. The summed E-state index contributed by atoms with van der Waals surface area (Å²) in [6.45, 7) is 3.05. The first kappa shape index (κ1) is 9.73. The molecule has 0 unspecified atom stereocenters. The SMILES string of the molecule is CNCCNC(=O)c1ocnc1C. The van der Waals surface area contributed by atoms with Crippen molar-refractivity contribution in [3.05, 3.63) is 17.8 Å². The van der Waals surface area contributed by atoms with Crippen molar-refractivity contribution < 1.29 is 9.21 Å². The summed E-state index contributed by atoms with van der Waals surface area (Å²) in [7, 11) is 1.83. The molecule has 13 heavy (non-hydrogen) atoms. The monoisotopic (exact) mass is 183 g/mol. The molecule has 1 aromatic heterocycles. The van der Waals surface area contributed by atoms with Gasteiger partial charge in [-0.2, -0.15) is 0 Å². The van der Waals surface area contributed by atoms with Crippen molar-refractivity contribution in [3.63, 3.8) is 0 Å². The summed E-state index contributed by atoms with van der Waals surface area (Å²) >= 11 is 0. The lowest BCUT2D eigenvalue weighted by atomic mass is 10.3. The standard InChI is InChI=1S/C8H13N3O2/c1-6-7(13-5-11-6)8(12)10-4-3-9-2/h5,9H,3-4H2,1-2H3,(H,10,12). The van der Waals surface area contributed by atoms with Gasteiger partial charge in [0.05, 0.1) is 5.69 Å². The molecule has 1 amide bonds. The van der Waals surface area contributed by atoms with Crippen LogP contribution in [0, 0.1) is 6.92 Å². The van der Waals surface area contributed by atoms with Gasteiger partial charge in [-0.1, -0.05) is 0 Å². The molecule has 0 aliphatic carbocycles. The van der Waals surface area contributed by atoms with Crippen LogP contribution in [0.25, 0.3) is 0 Å². The van der Waals surface area contributed by atoms with Gasteiger partial charge in [0.15, 0.2) is 6.39 Å². The van der Waals surface area contributed by atoms with E-state index in [9.17, 15) is 4.79 Å². The van der Waals surface area contributed by atoms with Crippen molar-refractivity contribution in [2.24, 2.45) is 0 Å². The highest BCUT2D eigenvalue weighted by Crippen LogP contribution is 2.03. The first-order valence-corrected chi connectivity index (χ1v) is 4.08. The summed E-state index contributed by atoms with van der Waals surface area (Å²) in [6.07, 6.45) is 1.27. The second-order valence-corrected chi connectivity index (χ2v) is 2.63. The van der Waals surface area contributed by atoms with Gasteiger partial charge in [0.2, 0.25) is 5.76 Å². The number of rotatable bonds is 4. The van der Waals surface area contributed by atoms with Gasteiger partial charge in [-0.3, -0.25) is 4.79 Å². The largest absolute Gasteiger partial charge is 0.438 e. The summed E-state index contributed by atoms with van der Waals surface area (Å²) < 4.78 is 4.91. The number of aromatic nitrogens is 1. The Balaban J connectivity index is 2.45. The summed E-state index contributed by atoms with van der Waals surface area (Å²) in [6, 6.07) is 0. The van der Waals surface area contributed by atoms with Crippen LogP contribution in [0.4, 0.5) is 0 Å². The molecule has 1 heterocycles. The predicted octanol–water partition coefficient (Wildman–Crippen LogP) is -0.0678.